The van der Waals surface area contributed by atoms with Gasteiger partial charge in [0.25, 0.3) is 0 Å². The minimum Gasteiger partial charge on any atom is -0.469 e. The quantitative estimate of drug-likeness (QED) is 0.489. The molecule has 0 saturated carbocycles. The van der Waals surface area contributed by atoms with Crippen molar-refractivity contribution in [1.82, 2.24) is 0 Å². The summed E-state index contributed by atoms with van der Waals surface area (Å²) in [6.07, 6.45) is -0.392. The highest BCUT2D eigenvalue weighted by molar-refractivity contribution is 6.00. The van der Waals surface area contributed by atoms with Gasteiger partial charge in [0.05, 0.1) is 7.11 Å². The van der Waals surface area contributed by atoms with Crippen molar-refractivity contribution >= 4 is 17.7 Å². The molecule has 0 fully saturated rings. The summed E-state index contributed by atoms with van der Waals surface area (Å²) in [7, 11) is 1.19. The largest absolute Gasteiger partial charge is 0.469 e. The van der Waals surface area contributed by atoms with Gasteiger partial charge in [0.1, 0.15) is 6.42 Å². The third-order valence-corrected chi connectivity index (χ3v) is 1.60. The molecule has 0 aliphatic carbocycles. The number of carbonyl (C=O) groups is 3. The molecule has 0 N–H and O–H groups in total. The molecule has 0 atom stereocenters. The van der Waals surface area contributed by atoms with Gasteiger partial charge in [0, 0.05) is 6.92 Å². The molecule has 0 aromatic carbocycles. The maximum absolute atomic E-state index is 11.4. The van der Waals surface area contributed by atoms with E-state index in [1.165, 1.54) is 27.9 Å². The average Bonchev–Trinajstić information content (AvgIpc) is 2.01. The van der Waals surface area contributed by atoms with Crippen molar-refractivity contribution in [1.29, 1.82) is 0 Å². The number of carbonyl (C=O) groups excluding carboxylic acids is 3. The van der Waals surface area contributed by atoms with Gasteiger partial charge in [-0.05, 0) is 13.8 Å². The first-order valence-electron chi connectivity index (χ1n) is 4.09. The summed E-state index contributed by atoms with van der Waals surface area (Å²) < 4.78 is 9.07. The molecule has 0 aliphatic rings. The topological polar surface area (TPSA) is 69.7 Å². The van der Waals surface area contributed by atoms with E-state index >= 15 is 0 Å². The zero-order valence-corrected chi connectivity index (χ0v) is 8.75. The summed E-state index contributed by atoms with van der Waals surface area (Å²) in [6.45, 7) is 4.06. The van der Waals surface area contributed by atoms with Crippen molar-refractivity contribution in [3.63, 3.8) is 0 Å². The zero-order chi connectivity index (χ0) is 11.4. The van der Waals surface area contributed by atoms with Crippen LogP contribution in [0.25, 0.3) is 0 Å². The van der Waals surface area contributed by atoms with Crippen LogP contribution in [0.4, 0.5) is 0 Å². The Bertz CT molecular complexity index is 254. The molecule has 0 unspecified atom stereocenters. The van der Waals surface area contributed by atoms with Crippen LogP contribution in [0, 0.1) is 0 Å². The second-order valence-corrected chi connectivity index (χ2v) is 3.28. The maximum atomic E-state index is 11.4. The Balaban J connectivity index is 4.35. The van der Waals surface area contributed by atoms with E-state index in [4.69, 9.17) is 4.74 Å². The molecule has 0 rings (SSSR count). The molecule has 0 aromatic heterocycles. The van der Waals surface area contributed by atoms with E-state index in [0.717, 1.165) is 0 Å². The van der Waals surface area contributed by atoms with Crippen LogP contribution in [-0.2, 0) is 23.9 Å². The summed E-state index contributed by atoms with van der Waals surface area (Å²) in [4.78, 5) is 32.8. The SMILES string of the molecule is COC(=O)CC(=O)C(C)(C)OC(C)=O. The van der Waals surface area contributed by atoms with E-state index < -0.39 is 29.7 Å². The fourth-order valence-electron chi connectivity index (χ4n) is 0.832. The molecule has 80 valence electrons. The molecular formula is C9H14O5. The van der Waals surface area contributed by atoms with Gasteiger partial charge in [-0.15, -0.1) is 0 Å². The molecule has 5 nitrogen and oxygen atoms in total. The minimum atomic E-state index is -1.28. The van der Waals surface area contributed by atoms with Gasteiger partial charge in [0.15, 0.2) is 11.4 Å². The third-order valence-electron chi connectivity index (χ3n) is 1.60. The molecule has 0 bridgehead atoms. The highest BCUT2D eigenvalue weighted by Crippen LogP contribution is 2.13. The molecule has 5 heteroatoms. The molecule has 0 spiro atoms. The first kappa shape index (κ1) is 12.6. The third kappa shape index (κ3) is 4.02. The molecule has 0 heterocycles. The Morgan fingerprint density at radius 1 is 1.21 bits per heavy atom. The normalized spacial score (nSPS) is 10.6. The zero-order valence-electron chi connectivity index (χ0n) is 8.75. The summed E-state index contributed by atoms with van der Waals surface area (Å²) in [5.41, 5.74) is -1.28. The van der Waals surface area contributed by atoms with E-state index in [0.29, 0.717) is 0 Å². The number of hydrogen-bond donors (Lipinski definition) is 0. The van der Waals surface area contributed by atoms with Gasteiger partial charge in [-0.3, -0.25) is 14.4 Å². The first-order valence-corrected chi connectivity index (χ1v) is 4.09. The Morgan fingerprint density at radius 2 is 1.71 bits per heavy atom. The van der Waals surface area contributed by atoms with Crippen LogP contribution in [0.3, 0.4) is 0 Å². The Kier molecular flexibility index (Phi) is 4.27. The van der Waals surface area contributed by atoms with E-state index in [-0.39, 0.29) is 0 Å². The Morgan fingerprint density at radius 3 is 2.07 bits per heavy atom. The second-order valence-electron chi connectivity index (χ2n) is 3.28. The predicted octanol–water partition coefficient (Wildman–Crippen LogP) is 0.460. The molecule has 0 saturated heterocycles. The summed E-state index contributed by atoms with van der Waals surface area (Å²) in [6, 6.07) is 0. The number of rotatable bonds is 4. The lowest BCUT2D eigenvalue weighted by atomic mass is 10.0. The highest BCUT2D eigenvalue weighted by atomic mass is 16.6. The van der Waals surface area contributed by atoms with Crippen LogP contribution in [-0.4, -0.2) is 30.4 Å². The Labute approximate surface area is 82.4 Å². The molecule has 0 aliphatic heterocycles. The summed E-state index contributed by atoms with van der Waals surface area (Å²) >= 11 is 0. The number of ether oxygens (including phenoxy) is 2. The van der Waals surface area contributed by atoms with Gasteiger partial charge in [0.2, 0.25) is 0 Å². The smallest absolute Gasteiger partial charge is 0.313 e. The van der Waals surface area contributed by atoms with Crippen LogP contribution < -0.4 is 0 Å². The molecular weight excluding hydrogens is 188 g/mol. The summed E-state index contributed by atoms with van der Waals surface area (Å²) in [5.74, 6) is -1.69. The number of hydrogen-bond acceptors (Lipinski definition) is 5. The van der Waals surface area contributed by atoms with E-state index in [2.05, 4.69) is 4.74 Å². The fraction of sp³-hybridized carbons (Fsp3) is 0.667. The molecule has 14 heavy (non-hydrogen) atoms. The van der Waals surface area contributed by atoms with Gasteiger partial charge in [-0.1, -0.05) is 0 Å². The maximum Gasteiger partial charge on any atom is 0.313 e. The van der Waals surface area contributed by atoms with Crippen LogP contribution >= 0.6 is 0 Å². The summed E-state index contributed by atoms with van der Waals surface area (Å²) in [5, 5.41) is 0. The lowest BCUT2D eigenvalue weighted by Gasteiger charge is -2.21. The molecule has 0 amide bonds. The van der Waals surface area contributed by atoms with Crippen molar-refractivity contribution in [3.05, 3.63) is 0 Å². The van der Waals surface area contributed by atoms with Crippen molar-refractivity contribution < 1.29 is 23.9 Å². The van der Waals surface area contributed by atoms with Crippen LogP contribution in [0.15, 0.2) is 0 Å². The van der Waals surface area contributed by atoms with Crippen LogP contribution in [0.2, 0.25) is 0 Å². The standard InChI is InChI=1S/C9H14O5/c1-6(10)14-9(2,3)7(11)5-8(12)13-4/h5H2,1-4H3. The Hall–Kier alpha value is -1.39. The van der Waals surface area contributed by atoms with Gasteiger partial charge < -0.3 is 9.47 Å². The molecule has 0 radical (unpaired) electrons. The van der Waals surface area contributed by atoms with Gasteiger partial charge in [-0.2, -0.15) is 0 Å². The van der Waals surface area contributed by atoms with Crippen molar-refractivity contribution in [2.24, 2.45) is 0 Å². The van der Waals surface area contributed by atoms with E-state index in [9.17, 15) is 14.4 Å². The fourth-order valence-corrected chi connectivity index (χ4v) is 0.832. The average molecular weight is 202 g/mol. The lowest BCUT2D eigenvalue weighted by Crippen LogP contribution is -2.37. The van der Waals surface area contributed by atoms with Gasteiger partial charge >= 0.3 is 11.9 Å². The molecule has 0 aromatic rings. The first-order chi connectivity index (χ1) is 6.29. The predicted molar refractivity (Wildman–Crippen MR) is 47.5 cm³/mol. The van der Waals surface area contributed by atoms with Crippen LogP contribution in [0.1, 0.15) is 27.2 Å². The van der Waals surface area contributed by atoms with Crippen molar-refractivity contribution in [2.75, 3.05) is 7.11 Å². The monoisotopic (exact) mass is 202 g/mol. The number of ketones is 1. The van der Waals surface area contributed by atoms with Crippen molar-refractivity contribution in [2.45, 2.75) is 32.8 Å². The van der Waals surface area contributed by atoms with Crippen molar-refractivity contribution in [3.8, 4) is 0 Å². The van der Waals surface area contributed by atoms with E-state index in [1.807, 2.05) is 0 Å². The second kappa shape index (κ2) is 4.74. The van der Waals surface area contributed by atoms with E-state index in [1.54, 1.807) is 0 Å². The highest BCUT2D eigenvalue weighted by Gasteiger charge is 2.32. The lowest BCUT2D eigenvalue weighted by molar-refractivity contribution is -0.164. The van der Waals surface area contributed by atoms with Crippen LogP contribution in [0.5, 0.6) is 0 Å². The number of methoxy groups -OCH3 is 1. The number of esters is 2. The minimum absolute atomic E-state index is 0.392. The number of Topliss-reactive ketones (excluding diaryl/α,β-unsaturated/α-hetero) is 1. The van der Waals surface area contributed by atoms with Gasteiger partial charge in [-0.25, -0.2) is 0 Å².